The summed E-state index contributed by atoms with van der Waals surface area (Å²) in [6.07, 6.45) is 0. The van der Waals surface area contributed by atoms with Gasteiger partial charge in [0.25, 0.3) is 0 Å². The molecule has 0 spiro atoms. The molecular weight excluding hydrogens is 210 g/mol. The van der Waals surface area contributed by atoms with Gasteiger partial charge in [0.2, 0.25) is 0 Å². The van der Waals surface area contributed by atoms with Gasteiger partial charge in [0, 0.05) is 11.6 Å². The largest absolute Gasteiger partial charge is 0.489 e. The molecule has 0 bridgehead atoms. The van der Waals surface area contributed by atoms with Gasteiger partial charge in [-0.3, -0.25) is 0 Å². The summed E-state index contributed by atoms with van der Waals surface area (Å²) in [4.78, 5) is 0. The van der Waals surface area contributed by atoms with Crippen molar-refractivity contribution in [3.05, 3.63) is 40.9 Å². The van der Waals surface area contributed by atoms with Crippen LogP contribution in [0.15, 0.2) is 35.4 Å². The molecule has 0 aliphatic heterocycles. The lowest BCUT2D eigenvalue weighted by Gasteiger charge is -2.09. The molecule has 2 N–H and O–H groups in total. The smallest absolute Gasteiger partial charge is 0.120 e. The Bertz CT molecular complexity index is 347. The van der Waals surface area contributed by atoms with Crippen LogP contribution in [0.25, 0.3) is 0 Å². The summed E-state index contributed by atoms with van der Waals surface area (Å²) in [5.74, 6) is 0.822. The maximum Gasteiger partial charge on any atom is 0.120 e. The maximum absolute atomic E-state index is 5.78. The topological polar surface area (TPSA) is 35.2 Å². The van der Waals surface area contributed by atoms with Crippen molar-refractivity contribution >= 4 is 11.6 Å². The predicted octanol–water partition coefficient (Wildman–Crippen LogP) is 3.23. The molecule has 0 saturated carbocycles. The number of ether oxygens (including phenoxy) is 1. The van der Waals surface area contributed by atoms with Gasteiger partial charge in [-0.25, -0.2) is 0 Å². The fraction of sp³-hybridized carbons (Fsp3) is 0.333. The molecule has 82 valence electrons. The summed E-state index contributed by atoms with van der Waals surface area (Å²) in [7, 11) is 0. The van der Waals surface area contributed by atoms with Gasteiger partial charge in [-0.05, 0) is 37.1 Å². The van der Waals surface area contributed by atoms with Gasteiger partial charge < -0.3 is 10.5 Å². The SMILES string of the molecule is C/C(=C\Cl)COc1cccc([C@@H](C)N)c1. The first-order chi connectivity index (χ1) is 7.13. The molecule has 0 amide bonds. The molecule has 1 aromatic rings. The van der Waals surface area contributed by atoms with Crippen molar-refractivity contribution in [2.24, 2.45) is 5.73 Å². The van der Waals surface area contributed by atoms with E-state index < -0.39 is 0 Å². The van der Waals surface area contributed by atoms with Crippen LogP contribution < -0.4 is 10.5 Å². The number of rotatable bonds is 4. The number of hydrogen-bond acceptors (Lipinski definition) is 2. The Balaban J connectivity index is 2.66. The van der Waals surface area contributed by atoms with Crippen LogP contribution in [0.3, 0.4) is 0 Å². The Morgan fingerprint density at radius 2 is 2.33 bits per heavy atom. The second-order valence-corrected chi connectivity index (χ2v) is 3.82. The molecule has 0 aliphatic carbocycles. The van der Waals surface area contributed by atoms with E-state index in [1.54, 1.807) is 0 Å². The normalized spacial score (nSPS) is 13.7. The first-order valence-corrected chi connectivity index (χ1v) is 5.31. The van der Waals surface area contributed by atoms with Crippen LogP contribution in [0.4, 0.5) is 0 Å². The monoisotopic (exact) mass is 225 g/mol. The van der Waals surface area contributed by atoms with Crippen molar-refractivity contribution in [1.29, 1.82) is 0 Å². The lowest BCUT2D eigenvalue weighted by molar-refractivity contribution is 0.352. The van der Waals surface area contributed by atoms with Gasteiger partial charge >= 0.3 is 0 Å². The zero-order valence-corrected chi connectivity index (χ0v) is 9.79. The Labute approximate surface area is 95.7 Å². The Hall–Kier alpha value is -0.990. The van der Waals surface area contributed by atoms with Crippen LogP contribution in [-0.4, -0.2) is 6.61 Å². The molecule has 0 saturated heterocycles. The maximum atomic E-state index is 5.78. The van der Waals surface area contributed by atoms with Crippen molar-refractivity contribution in [3.63, 3.8) is 0 Å². The third-order valence-electron chi connectivity index (χ3n) is 2.04. The van der Waals surface area contributed by atoms with E-state index in [0.717, 1.165) is 16.9 Å². The third-order valence-corrected chi connectivity index (χ3v) is 2.41. The van der Waals surface area contributed by atoms with Crippen LogP contribution in [-0.2, 0) is 0 Å². The lowest BCUT2D eigenvalue weighted by Crippen LogP contribution is -2.05. The summed E-state index contributed by atoms with van der Waals surface area (Å²) in [6.45, 7) is 4.37. The predicted molar refractivity (Wildman–Crippen MR) is 64.1 cm³/mol. The highest BCUT2D eigenvalue weighted by Gasteiger charge is 2.01. The van der Waals surface area contributed by atoms with E-state index in [1.165, 1.54) is 5.54 Å². The fourth-order valence-corrected chi connectivity index (χ4v) is 1.18. The highest BCUT2D eigenvalue weighted by Crippen LogP contribution is 2.18. The van der Waals surface area contributed by atoms with Crippen molar-refractivity contribution in [3.8, 4) is 5.75 Å². The van der Waals surface area contributed by atoms with Gasteiger partial charge in [-0.1, -0.05) is 23.7 Å². The lowest BCUT2D eigenvalue weighted by atomic mass is 10.1. The summed E-state index contributed by atoms with van der Waals surface area (Å²) >= 11 is 5.54. The summed E-state index contributed by atoms with van der Waals surface area (Å²) < 4.78 is 5.54. The van der Waals surface area contributed by atoms with Crippen LogP contribution in [0.1, 0.15) is 25.5 Å². The summed E-state index contributed by atoms with van der Waals surface area (Å²) in [6, 6.07) is 7.81. The molecule has 0 unspecified atom stereocenters. The molecule has 0 aromatic heterocycles. The van der Waals surface area contributed by atoms with Crippen LogP contribution in [0, 0.1) is 0 Å². The Kier molecular flexibility index (Phi) is 4.66. The molecule has 0 radical (unpaired) electrons. The zero-order chi connectivity index (χ0) is 11.3. The minimum Gasteiger partial charge on any atom is -0.489 e. The van der Waals surface area contributed by atoms with Gasteiger partial charge in [-0.15, -0.1) is 0 Å². The fourth-order valence-electron chi connectivity index (χ4n) is 1.12. The standard InChI is InChI=1S/C12H16ClNO/c1-9(7-13)8-15-12-5-3-4-11(6-12)10(2)14/h3-7,10H,8,14H2,1-2H3/b9-7+/t10-/m1/s1. The van der Waals surface area contributed by atoms with Crippen molar-refractivity contribution in [2.75, 3.05) is 6.61 Å². The summed E-state index contributed by atoms with van der Waals surface area (Å²) in [5, 5.41) is 0. The van der Waals surface area contributed by atoms with Crippen LogP contribution >= 0.6 is 11.6 Å². The van der Waals surface area contributed by atoms with E-state index in [1.807, 2.05) is 38.1 Å². The molecule has 3 heteroatoms. The molecule has 0 fully saturated rings. The van der Waals surface area contributed by atoms with Gasteiger partial charge in [0.15, 0.2) is 0 Å². The molecule has 1 rings (SSSR count). The molecule has 1 atom stereocenters. The second kappa shape index (κ2) is 5.79. The number of halogens is 1. The van der Waals surface area contributed by atoms with Crippen molar-refractivity contribution in [2.45, 2.75) is 19.9 Å². The molecule has 15 heavy (non-hydrogen) atoms. The van der Waals surface area contributed by atoms with Crippen LogP contribution in [0.5, 0.6) is 5.75 Å². The highest BCUT2D eigenvalue weighted by atomic mass is 35.5. The minimum absolute atomic E-state index is 0.0261. The van der Waals surface area contributed by atoms with E-state index in [4.69, 9.17) is 22.1 Å². The summed E-state index contributed by atoms with van der Waals surface area (Å²) in [5.41, 5.74) is 9.36. The Morgan fingerprint density at radius 1 is 1.60 bits per heavy atom. The first-order valence-electron chi connectivity index (χ1n) is 4.87. The average molecular weight is 226 g/mol. The van der Waals surface area contributed by atoms with E-state index >= 15 is 0 Å². The highest BCUT2D eigenvalue weighted by molar-refractivity contribution is 6.25. The van der Waals surface area contributed by atoms with Gasteiger partial charge in [-0.2, -0.15) is 0 Å². The molecule has 0 heterocycles. The zero-order valence-electron chi connectivity index (χ0n) is 9.03. The average Bonchev–Trinajstić information content (AvgIpc) is 2.26. The number of benzene rings is 1. The molecule has 1 aromatic carbocycles. The van der Waals surface area contributed by atoms with Gasteiger partial charge in [0.1, 0.15) is 12.4 Å². The third kappa shape index (κ3) is 3.94. The first kappa shape index (κ1) is 12.1. The second-order valence-electron chi connectivity index (χ2n) is 3.61. The number of nitrogens with two attached hydrogens (primary N) is 1. The van der Waals surface area contributed by atoms with E-state index in [-0.39, 0.29) is 6.04 Å². The quantitative estimate of drug-likeness (QED) is 0.854. The van der Waals surface area contributed by atoms with E-state index in [9.17, 15) is 0 Å². The molecular formula is C12H16ClNO. The van der Waals surface area contributed by atoms with Crippen molar-refractivity contribution in [1.82, 2.24) is 0 Å². The molecule has 0 aliphatic rings. The number of hydrogen-bond donors (Lipinski definition) is 1. The van der Waals surface area contributed by atoms with Gasteiger partial charge in [0.05, 0.1) is 0 Å². The Morgan fingerprint density at radius 3 is 2.93 bits per heavy atom. The molecule has 2 nitrogen and oxygen atoms in total. The van der Waals surface area contributed by atoms with E-state index in [2.05, 4.69) is 0 Å². The minimum atomic E-state index is 0.0261. The van der Waals surface area contributed by atoms with E-state index in [0.29, 0.717) is 6.61 Å². The van der Waals surface area contributed by atoms with Crippen LogP contribution in [0.2, 0.25) is 0 Å². The van der Waals surface area contributed by atoms with Crippen molar-refractivity contribution < 1.29 is 4.74 Å².